The van der Waals surface area contributed by atoms with E-state index in [0.29, 0.717) is 22.6 Å². The van der Waals surface area contributed by atoms with Gasteiger partial charge >= 0.3 is 0 Å². The van der Waals surface area contributed by atoms with Crippen molar-refractivity contribution in [1.29, 1.82) is 0 Å². The molecule has 2 rings (SSSR count). The van der Waals surface area contributed by atoms with E-state index in [1.54, 1.807) is 18.4 Å². The van der Waals surface area contributed by atoms with Gasteiger partial charge in [0.15, 0.2) is 5.82 Å². The van der Waals surface area contributed by atoms with Gasteiger partial charge in [0.1, 0.15) is 4.21 Å². The van der Waals surface area contributed by atoms with Crippen LogP contribution >= 0.6 is 27.3 Å². The third-order valence-corrected chi connectivity index (χ3v) is 6.16. The molecule has 0 spiro atoms. The fraction of sp³-hybridized carbons (Fsp3) is 0.333. The lowest BCUT2D eigenvalue weighted by Gasteiger charge is -2.03. The number of aryl methyl sites for hydroxylation is 1. The summed E-state index contributed by atoms with van der Waals surface area (Å²) in [7, 11) is -3.48. The Morgan fingerprint density at radius 1 is 1.56 bits per heavy atom. The fourth-order valence-corrected chi connectivity index (χ4v) is 4.68. The summed E-state index contributed by atoms with van der Waals surface area (Å²) >= 11 is 4.35. The lowest BCUT2D eigenvalue weighted by molar-refractivity contribution is 0.375. The topological polar surface area (TPSA) is 85.1 Å². The second kappa shape index (κ2) is 5.47. The van der Waals surface area contributed by atoms with E-state index in [1.165, 1.54) is 0 Å². The van der Waals surface area contributed by atoms with Crippen LogP contribution in [-0.2, 0) is 16.4 Å². The van der Waals surface area contributed by atoms with E-state index < -0.39 is 10.0 Å². The Hall–Kier alpha value is -0.770. The first kappa shape index (κ1) is 13.7. The zero-order valence-electron chi connectivity index (χ0n) is 9.38. The van der Waals surface area contributed by atoms with E-state index in [-0.39, 0.29) is 10.8 Å². The van der Waals surface area contributed by atoms with E-state index in [2.05, 4.69) is 30.8 Å². The molecule has 2 aromatic rings. The van der Waals surface area contributed by atoms with Gasteiger partial charge in [0.25, 0.3) is 10.0 Å². The fourth-order valence-electron chi connectivity index (χ4n) is 1.27. The second-order valence-electron chi connectivity index (χ2n) is 3.44. The third-order valence-electron chi connectivity index (χ3n) is 2.03. The van der Waals surface area contributed by atoms with Crippen LogP contribution in [0.3, 0.4) is 0 Å². The first-order chi connectivity index (χ1) is 8.49. The van der Waals surface area contributed by atoms with Crippen molar-refractivity contribution in [2.75, 3.05) is 6.54 Å². The molecule has 0 saturated heterocycles. The molecule has 1 N–H and O–H groups in total. The minimum Gasteiger partial charge on any atom is -0.339 e. The number of aromatic nitrogens is 2. The molecule has 18 heavy (non-hydrogen) atoms. The Bertz CT molecular complexity index is 635. The van der Waals surface area contributed by atoms with Gasteiger partial charge in [0, 0.05) is 17.4 Å². The molecular formula is C9H10BrN3O3S2. The molecule has 0 fully saturated rings. The highest BCUT2D eigenvalue weighted by Crippen LogP contribution is 2.27. The van der Waals surface area contributed by atoms with Crippen molar-refractivity contribution >= 4 is 37.3 Å². The van der Waals surface area contributed by atoms with Gasteiger partial charge in [-0.15, -0.1) is 11.3 Å². The zero-order chi connectivity index (χ0) is 13.2. The maximum Gasteiger partial charge on any atom is 0.251 e. The standard InChI is InChI=1S/C9H10BrN3O3S2/c1-6-12-8(16-13-6)2-4-11-18(14,15)9-7(10)3-5-17-9/h3,5,11H,2,4H2,1H3. The van der Waals surface area contributed by atoms with Crippen molar-refractivity contribution in [3.8, 4) is 0 Å². The molecule has 2 aromatic heterocycles. The average molecular weight is 352 g/mol. The normalized spacial score (nSPS) is 11.9. The molecule has 0 saturated carbocycles. The number of rotatable bonds is 5. The highest BCUT2D eigenvalue weighted by atomic mass is 79.9. The van der Waals surface area contributed by atoms with Crippen molar-refractivity contribution in [3.63, 3.8) is 0 Å². The molecule has 0 aromatic carbocycles. The first-order valence-electron chi connectivity index (χ1n) is 5.01. The van der Waals surface area contributed by atoms with Crippen LogP contribution in [0.1, 0.15) is 11.7 Å². The molecule has 98 valence electrons. The molecule has 0 bridgehead atoms. The van der Waals surface area contributed by atoms with Crippen LogP contribution < -0.4 is 4.72 Å². The van der Waals surface area contributed by atoms with Gasteiger partial charge in [0.05, 0.1) is 0 Å². The Morgan fingerprint density at radius 2 is 2.33 bits per heavy atom. The summed E-state index contributed by atoms with van der Waals surface area (Å²) in [5.41, 5.74) is 0. The summed E-state index contributed by atoms with van der Waals surface area (Å²) < 4.78 is 32.0. The molecule has 6 nitrogen and oxygen atoms in total. The van der Waals surface area contributed by atoms with Gasteiger partial charge in [-0.25, -0.2) is 13.1 Å². The van der Waals surface area contributed by atoms with E-state index >= 15 is 0 Å². The second-order valence-corrected chi connectivity index (χ2v) is 7.17. The van der Waals surface area contributed by atoms with Crippen molar-refractivity contribution in [2.45, 2.75) is 17.6 Å². The molecule has 0 radical (unpaired) electrons. The minimum atomic E-state index is -3.48. The predicted molar refractivity (Wildman–Crippen MR) is 69.9 cm³/mol. The van der Waals surface area contributed by atoms with Crippen LogP contribution in [0.15, 0.2) is 24.7 Å². The number of hydrogen-bond acceptors (Lipinski definition) is 6. The molecular weight excluding hydrogens is 342 g/mol. The summed E-state index contributed by atoms with van der Waals surface area (Å²) in [5, 5.41) is 5.34. The maximum atomic E-state index is 11.9. The largest absolute Gasteiger partial charge is 0.339 e. The molecule has 2 heterocycles. The van der Waals surface area contributed by atoms with Crippen LogP contribution in [-0.4, -0.2) is 25.1 Å². The molecule has 0 aliphatic heterocycles. The van der Waals surface area contributed by atoms with Crippen molar-refractivity contribution < 1.29 is 12.9 Å². The molecule has 0 aliphatic carbocycles. The Morgan fingerprint density at radius 3 is 2.89 bits per heavy atom. The van der Waals surface area contributed by atoms with Gasteiger partial charge in [0.2, 0.25) is 5.89 Å². The van der Waals surface area contributed by atoms with Crippen molar-refractivity contribution in [3.05, 3.63) is 27.6 Å². The SMILES string of the molecule is Cc1noc(CCNS(=O)(=O)c2sccc2Br)n1. The number of nitrogens with one attached hydrogen (secondary N) is 1. The quantitative estimate of drug-likeness (QED) is 0.886. The molecule has 0 atom stereocenters. The summed E-state index contributed by atoms with van der Waals surface area (Å²) in [5.74, 6) is 0.953. The number of thiophene rings is 1. The number of hydrogen-bond donors (Lipinski definition) is 1. The number of halogens is 1. The van der Waals surface area contributed by atoms with Gasteiger partial charge in [-0.05, 0) is 34.3 Å². The molecule has 0 amide bonds. The van der Waals surface area contributed by atoms with Gasteiger partial charge in [-0.3, -0.25) is 0 Å². The summed E-state index contributed by atoms with van der Waals surface area (Å²) in [6, 6.07) is 1.70. The number of sulfonamides is 1. The third kappa shape index (κ3) is 3.16. The summed E-state index contributed by atoms with van der Waals surface area (Å²) in [6.07, 6.45) is 0.364. The highest BCUT2D eigenvalue weighted by molar-refractivity contribution is 9.10. The van der Waals surface area contributed by atoms with E-state index in [9.17, 15) is 8.42 Å². The van der Waals surface area contributed by atoms with Crippen LogP contribution in [0.4, 0.5) is 0 Å². The lowest BCUT2D eigenvalue weighted by atomic mass is 10.4. The maximum absolute atomic E-state index is 11.9. The minimum absolute atomic E-state index is 0.217. The zero-order valence-corrected chi connectivity index (χ0v) is 12.6. The van der Waals surface area contributed by atoms with E-state index in [1.807, 2.05) is 0 Å². The van der Waals surface area contributed by atoms with Gasteiger partial charge < -0.3 is 4.52 Å². The van der Waals surface area contributed by atoms with Crippen molar-refractivity contribution in [1.82, 2.24) is 14.9 Å². The Labute approximate surface area is 117 Å². The van der Waals surface area contributed by atoms with E-state index in [0.717, 1.165) is 11.3 Å². The molecule has 9 heteroatoms. The smallest absolute Gasteiger partial charge is 0.251 e. The first-order valence-corrected chi connectivity index (χ1v) is 8.16. The summed E-state index contributed by atoms with van der Waals surface area (Å²) in [6.45, 7) is 1.92. The highest BCUT2D eigenvalue weighted by Gasteiger charge is 2.18. The summed E-state index contributed by atoms with van der Waals surface area (Å²) in [4.78, 5) is 3.99. The van der Waals surface area contributed by atoms with E-state index in [4.69, 9.17) is 4.52 Å². The number of nitrogens with zero attached hydrogens (tertiary/aromatic N) is 2. The Kier molecular flexibility index (Phi) is 4.15. The van der Waals surface area contributed by atoms with Gasteiger partial charge in [-0.2, -0.15) is 4.98 Å². The average Bonchev–Trinajstić information content (AvgIpc) is 2.87. The molecule has 0 aliphatic rings. The van der Waals surface area contributed by atoms with Crippen LogP contribution in [0, 0.1) is 6.92 Å². The van der Waals surface area contributed by atoms with Crippen LogP contribution in [0.2, 0.25) is 0 Å². The Balaban J connectivity index is 1.96. The lowest BCUT2D eigenvalue weighted by Crippen LogP contribution is -2.25. The van der Waals surface area contributed by atoms with Gasteiger partial charge in [-0.1, -0.05) is 5.16 Å². The van der Waals surface area contributed by atoms with Crippen LogP contribution in [0.5, 0.6) is 0 Å². The molecule has 0 unspecified atom stereocenters. The predicted octanol–water partition coefficient (Wildman–Crippen LogP) is 1.72. The van der Waals surface area contributed by atoms with Crippen LogP contribution in [0.25, 0.3) is 0 Å². The monoisotopic (exact) mass is 351 g/mol. The van der Waals surface area contributed by atoms with Crippen molar-refractivity contribution in [2.24, 2.45) is 0 Å².